The quantitative estimate of drug-likeness (QED) is 0.574. The molecule has 0 spiro atoms. The van der Waals surface area contributed by atoms with E-state index in [1.807, 2.05) is 13.0 Å². The molecule has 0 bridgehead atoms. The van der Waals surface area contributed by atoms with Crippen LogP contribution in [0.3, 0.4) is 0 Å². The number of carbonyl (C=O) groups is 1. The lowest BCUT2D eigenvalue weighted by Gasteiger charge is -1.93. The Labute approximate surface area is 59.9 Å². The van der Waals surface area contributed by atoms with Gasteiger partial charge >= 0.3 is 0 Å². The third-order valence-corrected chi connectivity index (χ3v) is 1.36. The van der Waals surface area contributed by atoms with E-state index in [1.165, 1.54) is 0 Å². The summed E-state index contributed by atoms with van der Waals surface area (Å²) >= 11 is 0. The van der Waals surface area contributed by atoms with Crippen molar-refractivity contribution < 1.29 is 4.79 Å². The molecule has 1 heterocycles. The van der Waals surface area contributed by atoms with E-state index in [2.05, 4.69) is 4.98 Å². The highest BCUT2D eigenvalue weighted by Crippen LogP contribution is 1.99. The van der Waals surface area contributed by atoms with Gasteiger partial charge in [-0.1, -0.05) is 6.92 Å². The van der Waals surface area contributed by atoms with Gasteiger partial charge in [-0.2, -0.15) is 0 Å². The minimum atomic E-state index is 0.652. The van der Waals surface area contributed by atoms with Crippen molar-refractivity contribution in [1.29, 1.82) is 0 Å². The van der Waals surface area contributed by atoms with Crippen LogP contribution in [0.15, 0.2) is 18.5 Å². The molecule has 2 heteroatoms. The molecular weight excluding hydrogens is 126 g/mol. The number of rotatable bonds is 2. The van der Waals surface area contributed by atoms with Gasteiger partial charge in [-0.25, -0.2) is 0 Å². The van der Waals surface area contributed by atoms with Gasteiger partial charge in [0.2, 0.25) is 0 Å². The van der Waals surface area contributed by atoms with Crippen molar-refractivity contribution in [1.82, 2.24) is 4.98 Å². The van der Waals surface area contributed by atoms with Crippen LogP contribution in [0.25, 0.3) is 0 Å². The number of hydrogen-bond acceptors (Lipinski definition) is 2. The normalized spacial score (nSPS) is 9.30. The van der Waals surface area contributed by atoms with Gasteiger partial charge in [0.25, 0.3) is 0 Å². The first-order chi connectivity index (χ1) is 4.86. The summed E-state index contributed by atoms with van der Waals surface area (Å²) in [6.07, 6.45) is 5.07. The largest absolute Gasteiger partial charge is 0.298 e. The number of nitrogens with zero attached hydrogens (tertiary/aromatic N) is 1. The van der Waals surface area contributed by atoms with E-state index in [4.69, 9.17) is 0 Å². The molecule has 10 heavy (non-hydrogen) atoms. The lowest BCUT2D eigenvalue weighted by molar-refractivity contribution is 0.112. The minimum absolute atomic E-state index is 0.652. The fourth-order valence-electron chi connectivity index (χ4n) is 0.765. The molecule has 0 aliphatic carbocycles. The predicted molar refractivity (Wildman–Crippen MR) is 39.0 cm³/mol. The van der Waals surface area contributed by atoms with Crippen molar-refractivity contribution in [3.05, 3.63) is 29.6 Å². The Kier molecular flexibility index (Phi) is 2.15. The van der Waals surface area contributed by atoms with Gasteiger partial charge in [0.05, 0.1) is 0 Å². The average Bonchev–Trinajstić information content (AvgIpc) is 2.05. The van der Waals surface area contributed by atoms with Gasteiger partial charge in [-0.3, -0.25) is 9.78 Å². The molecule has 0 aliphatic rings. The fourth-order valence-corrected chi connectivity index (χ4v) is 0.765. The molecular formula is C8H9NO. The molecule has 0 amide bonds. The molecule has 0 radical (unpaired) electrons. The smallest absolute Gasteiger partial charge is 0.151 e. The van der Waals surface area contributed by atoms with E-state index in [0.717, 1.165) is 18.3 Å². The zero-order valence-electron chi connectivity index (χ0n) is 5.87. The van der Waals surface area contributed by atoms with Crippen LogP contribution in [0.2, 0.25) is 0 Å². The summed E-state index contributed by atoms with van der Waals surface area (Å²) in [4.78, 5) is 14.1. The van der Waals surface area contributed by atoms with Crippen molar-refractivity contribution in [2.24, 2.45) is 0 Å². The molecule has 52 valence electrons. The summed E-state index contributed by atoms with van der Waals surface area (Å²) in [5, 5.41) is 0. The van der Waals surface area contributed by atoms with Crippen molar-refractivity contribution in [2.75, 3.05) is 0 Å². The van der Waals surface area contributed by atoms with Crippen LogP contribution < -0.4 is 0 Å². The number of carbonyl (C=O) groups excluding carboxylic acids is 1. The first kappa shape index (κ1) is 6.93. The summed E-state index contributed by atoms with van der Waals surface area (Å²) in [5.74, 6) is 0. The molecule has 0 aromatic carbocycles. The maximum Gasteiger partial charge on any atom is 0.151 e. The topological polar surface area (TPSA) is 30.0 Å². The Bertz CT molecular complexity index is 232. The third-order valence-electron chi connectivity index (χ3n) is 1.36. The lowest BCUT2D eigenvalue weighted by Crippen LogP contribution is -1.86. The van der Waals surface area contributed by atoms with Crippen LogP contribution >= 0.6 is 0 Å². The highest BCUT2D eigenvalue weighted by atomic mass is 16.1. The van der Waals surface area contributed by atoms with Crippen LogP contribution in [-0.4, -0.2) is 11.3 Å². The zero-order chi connectivity index (χ0) is 7.40. The number of aromatic nitrogens is 1. The number of pyridine rings is 1. The van der Waals surface area contributed by atoms with Gasteiger partial charge in [0, 0.05) is 18.0 Å². The van der Waals surface area contributed by atoms with Gasteiger partial charge in [0.15, 0.2) is 6.29 Å². The van der Waals surface area contributed by atoms with Crippen LogP contribution in [0, 0.1) is 0 Å². The molecule has 0 unspecified atom stereocenters. The van der Waals surface area contributed by atoms with Crippen molar-refractivity contribution in [3.8, 4) is 0 Å². The van der Waals surface area contributed by atoms with E-state index in [-0.39, 0.29) is 0 Å². The van der Waals surface area contributed by atoms with Crippen LogP contribution in [-0.2, 0) is 6.42 Å². The maximum absolute atomic E-state index is 10.2. The van der Waals surface area contributed by atoms with Crippen LogP contribution in [0.5, 0.6) is 0 Å². The van der Waals surface area contributed by atoms with E-state index in [0.29, 0.717) is 5.56 Å². The zero-order valence-corrected chi connectivity index (χ0v) is 5.87. The molecule has 0 atom stereocenters. The molecule has 0 saturated heterocycles. The summed E-state index contributed by atoms with van der Waals surface area (Å²) in [7, 11) is 0. The second kappa shape index (κ2) is 3.11. The molecule has 0 aliphatic heterocycles. The Balaban J connectivity index is 2.98. The molecule has 0 saturated carbocycles. The molecule has 2 nitrogen and oxygen atoms in total. The predicted octanol–water partition coefficient (Wildman–Crippen LogP) is 1.46. The monoisotopic (exact) mass is 135 g/mol. The Morgan fingerprint density at radius 2 is 2.40 bits per heavy atom. The van der Waals surface area contributed by atoms with Crippen molar-refractivity contribution in [2.45, 2.75) is 13.3 Å². The van der Waals surface area contributed by atoms with E-state index in [9.17, 15) is 4.79 Å². The molecule has 0 fully saturated rings. The number of hydrogen-bond donors (Lipinski definition) is 0. The molecule has 1 rings (SSSR count). The van der Waals surface area contributed by atoms with Crippen LogP contribution in [0.1, 0.15) is 22.8 Å². The highest BCUT2D eigenvalue weighted by Gasteiger charge is 1.91. The average molecular weight is 135 g/mol. The van der Waals surface area contributed by atoms with Crippen molar-refractivity contribution >= 4 is 6.29 Å². The van der Waals surface area contributed by atoms with E-state index >= 15 is 0 Å². The summed E-state index contributed by atoms with van der Waals surface area (Å²) in [5.41, 5.74) is 1.75. The molecule has 0 N–H and O–H groups in total. The minimum Gasteiger partial charge on any atom is -0.298 e. The van der Waals surface area contributed by atoms with Crippen LogP contribution in [0.4, 0.5) is 0 Å². The second-order valence-corrected chi connectivity index (χ2v) is 2.10. The summed E-state index contributed by atoms with van der Waals surface area (Å²) in [6, 6.07) is 1.85. The summed E-state index contributed by atoms with van der Waals surface area (Å²) < 4.78 is 0. The molecule has 1 aromatic heterocycles. The van der Waals surface area contributed by atoms with Gasteiger partial charge in [-0.05, 0) is 18.1 Å². The molecule has 1 aromatic rings. The fraction of sp³-hybridized carbons (Fsp3) is 0.250. The van der Waals surface area contributed by atoms with Gasteiger partial charge in [0.1, 0.15) is 0 Å². The van der Waals surface area contributed by atoms with Crippen molar-refractivity contribution in [3.63, 3.8) is 0 Å². The Hall–Kier alpha value is -1.18. The third kappa shape index (κ3) is 1.41. The maximum atomic E-state index is 10.2. The summed E-state index contributed by atoms with van der Waals surface area (Å²) in [6.45, 7) is 2.03. The number of aryl methyl sites for hydroxylation is 1. The lowest BCUT2D eigenvalue weighted by atomic mass is 10.2. The SMILES string of the molecule is CCc1cncc(C=O)c1. The second-order valence-electron chi connectivity index (χ2n) is 2.10. The van der Waals surface area contributed by atoms with Gasteiger partial charge in [-0.15, -0.1) is 0 Å². The van der Waals surface area contributed by atoms with E-state index in [1.54, 1.807) is 12.4 Å². The Morgan fingerprint density at radius 1 is 1.60 bits per heavy atom. The van der Waals surface area contributed by atoms with Gasteiger partial charge < -0.3 is 0 Å². The Morgan fingerprint density at radius 3 is 3.00 bits per heavy atom. The highest BCUT2D eigenvalue weighted by molar-refractivity contribution is 5.74. The first-order valence-electron chi connectivity index (χ1n) is 3.26. The van der Waals surface area contributed by atoms with E-state index < -0.39 is 0 Å². The number of aldehydes is 1. The first-order valence-corrected chi connectivity index (χ1v) is 3.26. The standard InChI is InChI=1S/C8H9NO/c1-2-7-3-8(6-10)5-9-4-7/h3-6H,2H2,1H3.